The van der Waals surface area contributed by atoms with Crippen LogP contribution in [0.3, 0.4) is 0 Å². The van der Waals surface area contributed by atoms with Crippen LogP contribution in [-0.4, -0.2) is 44.2 Å². The molecule has 27 heavy (non-hydrogen) atoms. The van der Waals surface area contributed by atoms with Crippen molar-refractivity contribution in [2.45, 2.75) is 37.6 Å². The smallest absolute Gasteiger partial charge is 0.249 e. The Morgan fingerprint density at radius 3 is 2.67 bits per heavy atom. The number of hydrogen-bond acceptors (Lipinski definition) is 7. The van der Waals surface area contributed by atoms with Crippen LogP contribution >= 0.6 is 0 Å². The van der Waals surface area contributed by atoms with Crippen molar-refractivity contribution in [2.75, 3.05) is 6.54 Å². The molecule has 4 rings (SSSR count). The Bertz CT molecular complexity index is 1070. The van der Waals surface area contributed by atoms with Gasteiger partial charge in [0.15, 0.2) is 0 Å². The second-order valence-electron chi connectivity index (χ2n) is 6.63. The van der Waals surface area contributed by atoms with E-state index in [1.54, 1.807) is 24.9 Å². The molecular weight excluding hydrogens is 368 g/mol. The van der Waals surface area contributed by atoms with E-state index in [9.17, 15) is 8.42 Å². The van der Waals surface area contributed by atoms with Gasteiger partial charge in [-0.1, -0.05) is 0 Å². The highest BCUT2D eigenvalue weighted by Gasteiger charge is 2.40. The van der Waals surface area contributed by atoms with Gasteiger partial charge in [0.2, 0.25) is 21.8 Å². The minimum absolute atomic E-state index is 0.208. The SMILES string of the molecule is Cc1ccc(-c2nnc(C3CCCN3S(=O)(=O)c3cnn(C)c3C)o2)cn1. The fraction of sp³-hybridized carbons (Fsp3) is 0.412. The van der Waals surface area contributed by atoms with E-state index in [0.29, 0.717) is 36.0 Å². The number of nitrogens with zero attached hydrogens (tertiary/aromatic N) is 6. The maximum Gasteiger partial charge on any atom is 0.249 e. The minimum Gasteiger partial charge on any atom is -0.419 e. The Kier molecular flexibility index (Phi) is 4.31. The molecule has 1 aliphatic heterocycles. The fourth-order valence-corrected chi connectivity index (χ4v) is 5.05. The number of hydrogen-bond donors (Lipinski definition) is 0. The van der Waals surface area contributed by atoms with Gasteiger partial charge in [0.1, 0.15) is 10.9 Å². The molecule has 142 valence electrons. The average Bonchev–Trinajstić information content (AvgIpc) is 3.36. The third kappa shape index (κ3) is 3.04. The van der Waals surface area contributed by atoms with Gasteiger partial charge in [0.25, 0.3) is 0 Å². The molecular formula is C17H20N6O3S. The van der Waals surface area contributed by atoms with Crippen LogP contribution in [0, 0.1) is 13.8 Å². The lowest BCUT2D eigenvalue weighted by Gasteiger charge is -2.21. The molecule has 0 radical (unpaired) electrons. The van der Waals surface area contributed by atoms with Gasteiger partial charge < -0.3 is 4.42 Å². The van der Waals surface area contributed by atoms with E-state index in [-0.39, 0.29) is 4.90 Å². The van der Waals surface area contributed by atoms with E-state index in [1.807, 2.05) is 19.1 Å². The van der Waals surface area contributed by atoms with E-state index < -0.39 is 16.1 Å². The van der Waals surface area contributed by atoms with Crippen molar-refractivity contribution in [1.29, 1.82) is 0 Å². The second-order valence-corrected chi connectivity index (χ2v) is 8.48. The lowest BCUT2D eigenvalue weighted by Crippen LogP contribution is -2.31. The number of pyridine rings is 1. The first-order valence-corrected chi connectivity index (χ1v) is 10.1. The van der Waals surface area contributed by atoms with Crippen LogP contribution in [-0.2, 0) is 17.1 Å². The fourth-order valence-electron chi connectivity index (χ4n) is 3.21. The molecule has 0 spiro atoms. The summed E-state index contributed by atoms with van der Waals surface area (Å²) < 4.78 is 35.1. The van der Waals surface area contributed by atoms with Crippen LogP contribution in [0.4, 0.5) is 0 Å². The van der Waals surface area contributed by atoms with Gasteiger partial charge in [-0.25, -0.2) is 8.42 Å². The van der Waals surface area contributed by atoms with Crippen molar-refractivity contribution >= 4 is 10.0 Å². The van der Waals surface area contributed by atoms with Gasteiger partial charge in [-0.05, 0) is 38.8 Å². The Morgan fingerprint density at radius 1 is 1.19 bits per heavy atom. The molecule has 1 saturated heterocycles. The predicted octanol–water partition coefficient (Wildman–Crippen LogP) is 2.01. The highest BCUT2D eigenvalue weighted by Crippen LogP contribution is 2.37. The summed E-state index contributed by atoms with van der Waals surface area (Å²) in [6.45, 7) is 4.04. The van der Waals surface area contributed by atoms with Crippen molar-refractivity contribution in [2.24, 2.45) is 7.05 Å². The maximum atomic E-state index is 13.1. The van der Waals surface area contributed by atoms with Gasteiger partial charge in [-0.3, -0.25) is 9.67 Å². The lowest BCUT2D eigenvalue weighted by molar-refractivity contribution is 0.332. The zero-order valence-electron chi connectivity index (χ0n) is 15.3. The van der Waals surface area contributed by atoms with Crippen molar-refractivity contribution in [3.8, 4) is 11.5 Å². The van der Waals surface area contributed by atoms with Gasteiger partial charge >= 0.3 is 0 Å². The van der Waals surface area contributed by atoms with Crippen molar-refractivity contribution in [1.82, 2.24) is 29.3 Å². The number of rotatable bonds is 4. The van der Waals surface area contributed by atoms with E-state index >= 15 is 0 Å². The predicted molar refractivity (Wildman–Crippen MR) is 96.1 cm³/mol. The third-order valence-electron chi connectivity index (χ3n) is 4.86. The first-order valence-electron chi connectivity index (χ1n) is 8.65. The summed E-state index contributed by atoms with van der Waals surface area (Å²) in [6.07, 6.45) is 4.41. The summed E-state index contributed by atoms with van der Waals surface area (Å²) in [7, 11) is -1.98. The number of sulfonamides is 1. The van der Waals surface area contributed by atoms with E-state index in [4.69, 9.17) is 4.42 Å². The number of aryl methyl sites for hydroxylation is 2. The summed E-state index contributed by atoms with van der Waals surface area (Å²) in [5, 5.41) is 12.2. The molecule has 0 aromatic carbocycles. The normalized spacial score (nSPS) is 18.3. The average molecular weight is 388 g/mol. The molecule has 0 aliphatic carbocycles. The quantitative estimate of drug-likeness (QED) is 0.673. The largest absolute Gasteiger partial charge is 0.419 e. The number of aromatic nitrogens is 5. The minimum atomic E-state index is -3.70. The molecule has 4 heterocycles. The summed E-state index contributed by atoms with van der Waals surface area (Å²) >= 11 is 0. The molecule has 0 N–H and O–H groups in total. The Hall–Kier alpha value is -2.59. The molecule has 1 fully saturated rings. The van der Waals surface area contributed by atoms with Crippen LogP contribution in [0.2, 0.25) is 0 Å². The first kappa shape index (κ1) is 17.8. The molecule has 1 aliphatic rings. The Morgan fingerprint density at radius 2 is 2.00 bits per heavy atom. The molecule has 1 unspecified atom stereocenters. The summed E-state index contributed by atoms with van der Waals surface area (Å²) in [5.74, 6) is 0.632. The van der Waals surface area contributed by atoms with Crippen molar-refractivity contribution < 1.29 is 12.8 Å². The Labute approximate surface area is 157 Å². The second kappa shape index (κ2) is 6.54. The third-order valence-corrected chi connectivity index (χ3v) is 6.88. The molecule has 3 aromatic rings. The van der Waals surface area contributed by atoms with Crippen LogP contribution in [0.15, 0.2) is 33.8 Å². The van der Waals surface area contributed by atoms with Crippen LogP contribution in [0.1, 0.15) is 36.2 Å². The van der Waals surface area contributed by atoms with Gasteiger partial charge in [0, 0.05) is 25.5 Å². The molecule has 0 amide bonds. The standard InChI is InChI=1S/C17H20N6O3S/c1-11-6-7-13(9-18-11)16-20-21-17(26-16)14-5-4-8-23(14)27(24,25)15-10-19-22(3)12(15)2/h6-7,9-10,14H,4-5,8H2,1-3H3. The summed E-state index contributed by atoms with van der Waals surface area (Å²) in [4.78, 5) is 4.43. The topological polar surface area (TPSA) is 107 Å². The lowest BCUT2D eigenvalue weighted by atomic mass is 10.2. The first-order chi connectivity index (χ1) is 12.9. The molecule has 10 heteroatoms. The van der Waals surface area contributed by atoms with Gasteiger partial charge in [-0.2, -0.15) is 9.40 Å². The molecule has 0 saturated carbocycles. The van der Waals surface area contributed by atoms with E-state index in [1.165, 1.54) is 10.5 Å². The van der Waals surface area contributed by atoms with Crippen LogP contribution in [0.5, 0.6) is 0 Å². The monoisotopic (exact) mass is 388 g/mol. The zero-order chi connectivity index (χ0) is 19.2. The van der Waals surface area contributed by atoms with E-state index in [2.05, 4.69) is 20.3 Å². The maximum absolute atomic E-state index is 13.1. The zero-order valence-corrected chi connectivity index (χ0v) is 16.1. The van der Waals surface area contributed by atoms with Crippen molar-refractivity contribution in [3.63, 3.8) is 0 Å². The molecule has 0 bridgehead atoms. The molecule has 9 nitrogen and oxygen atoms in total. The molecule has 3 aromatic heterocycles. The molecule has 1 atom stereocenters. The highest BCUT2D eigenvalue weighted by atomic mass is 32.2. The van der Waals surface area contributed by atoms with E-state index in [0.717, 1.165) is 12.1 Å². The van der Waals surface area contributed by atoms with Crippen LogP contribution < -0.4 is 0 Å². The highest BCUT2D eigenvalue weighted by molar-refractivity contribution is 7.89. The van der Waals surface area contributed by atoms with Crippen molar-refractivity contribution in [3.05, 3.63) is 41.8 Å². The van der Waals surface area contributed by atoms with Crippen LogP contribution in [0.25, 0.3) is 11.5 Å². The summed E-state index contributed by atoms with van der Waals surface area (Å²) in [6, 6.07) is 3.23. The van der Waals surface area contributed by atoms with Gasteiger partial charge in [0.05, 0.1) is 17.5 Å². The van der Waals surface area contributed by atoms with Gasteiger partial charge in [-0.15, -0.1) is 10.2 Å². The summed E-state index contributed by atoms with van der Waals surface area (Å²) in [5.41, 5.74) is 2.19. The Balaban J connectivity index is 1.66.